The van der Waals surface area contributed by atoms with Gasteiger partial charge in [-0.15, -0.1) is 11.3 Å². The van der Waals surface area contributed by atoms with Crippen LogP contribution in [-0.2, 0) is 16.1 Å². The molecule has 6 nitrogen and oxygen atoms in total. The zero-order chi connectivity index (χ0) is 17.6. The van der Waals surface area contributed by atoms with Gasteiger partial charge in [-0.1, -0.05) is 12.1 Å². The van der Waals surface area contributed by atoms with Crippen molar-refractivity contribution >= 4 is 33.4 Å². The third-order valence-corrected chi connectivity index (χ3v) is 4.23. The summed E-state index contributed by atoms with van der Waals surface area (Å²) in [6, 6.07) is 12.7. The van der Waals surface area contributed by atoms with E-state index in [2.05, 4.69) is 15.8 Å². The van der Waals surface area contributed by atoms with Crippen molar-refractivity contribution in [3.05, 3.63) is 64.9 Å². The molecule has 1 heterocycles. The van der Waals surface area contributed by atoms with Crippen molar-refractivity contribution in [1.82, 2.24) is 15.8 Å². The number of ether oxygens (including phenoxy) is 1. The summed E-state index contributed by atoms with van der Waals surface area (Å²) in [7, 11) is 0. The fourth-order valence-electron chi connectivity index (χ4n) is 2.05. The second kappa shape index (κ2) is 7.82. The molecule has 0 aliphatic rings. The monoisotopic (exact) mass is 359 g/mol. The van der Waals surface area contributed by atoms with Gasteiger partial charge in [-0.25, -0.2) is 9.37 Å². The molecule has 128 valence electrons. The minimum atomic E-state index is -0.542. The molecule has 0 fully saturated rings. The number of fused-ring (bicyclic) bond motifs is 1. The topological polar surface area (TPSA) is 80.3 Å². The number of para-hydroxylation sites is 1. The molecule has 0 spiro atoms. The van der Waals surface area contributed by atoms with E-state index < -0.39 is 17.6 Å². The number of hydrogen-bond donors (Lipinski definition) is 2. The van der Waals surface area contributed by atoms with E-state index in [0.29, 0.717) is 0 Å². The average molecular weight is 359 g/mol. The molecule has 0 bridgehead atoms. The molecular formula is C17H14FN3O3S. The van der Waals surface area contributed by atoms with Gasteiger partial charge in [0.1, 0.15) is 17.4 Å². The molecule has 8 heteroatoms. The quantitative estimate of drug-likeness (QED) is 0.686. The summed E-state index contributed by atoms with van der Waals surface area (Å²) < 4.78 is 19.1. The van der Waals surface area contributed by atoms with Crippen LogP contribution in [-0.4, -0.2) is 23.4 Å². The Hall–Kier alpha value is -2.84. The van der Waals surface area contributed by atoms with Gasteiger partial charge in [0, 0.05) is 5.56 Å². The summed E-state index contributed by atoms with van der Waals surface area (Å²) in [4.78, 5) is 27.8. The lowest BCUT2D eigenvalue weighted by Crippen LogP contribution is -2.43. The lowest BCUT2D eigenvalue weighted by molar-refractivity contribution is -0.126. The molecule has 0 saturated heterocycles. The van der Waals surface area contributed by atoms with Crippen molar-refractivity contribution in [1.29, 1.82) is 0 Å². The summed E-state index contributed by atoms with van der Waals surface area (Å²) in [5, 5.41) is 0.768. The molecule has 3 aromatic rings. The molecule has 2 N–H and O–H groups in total. The van der Waals surface area contributed by atoms with Gasteiger partial charge in [-0.3, -0.25) is 20.4 Å². The summed E-state index contributed by atoms with van der Waals surface area (Å²) in [5.41, 5.74) is 5.59. The number of carbonyl (C=O) groups is 2. The predicted octanol–water partition coefficient (Wildman–Crippen LogP) is 2.41. The van der Waals surface area contributed by atoms with Gasteiger partial charge >= 0.3 is 0 Å². The highest BCUT2D eigenvalue weighted by Crippen LogP contribution is 2.21. The average Bonchev–Trinajstić information content (AvgIpc) is 3.03. The zero-order valence-corrected chi connectivity index (χ0v) is 13.8. The Bertz CT molecular complexity index is 863. The number of halogens is 1. The second-order valence-electron chi connectivity index (χ2n) is 5.08. The lowest BCUT2D eigenvalue weighted by Gasteiger charge is -2.07. The standard InChI is InChI=1S/C17H14FN3O3S/c18-12-7-5-11(6-8-12)17(23)21-20-15(22)9-24-10-16-19-13-3-1-2-4-14(13)25-16/h1-8H,9-10H2,(H,20,22)(H,21,23). The largest absolute Gasteiger partial charge is 0.364 e. The van der Waals surface area contributed by atoms with E-state index in [1.165, 1.54) is 23.5 Å². The van der Waals surface area contributed by atoms with Gasteiger partial charge in [-0.2, -0.15) is 0 Å². The predicted molar refractivity (Wildman–Crippen MR) is 91.3 cm³/mol. The molecule has 3 rings (SSSR count). The van der Waals surface area contributed by atoms with Crippen LogP contribution in [0.2, 0.25) is 0 Å². The van der Waals surface area contributed by atoms with Gasteiger partial charge in [-0.05, 0) is 36.4 Å². The van der Waals surface area contributed by atoms with E-state index >= 15 is 0 Å². The van der Waals surface area contributed by atoms with Gasteiger partial charge in [0.15, 0.2) is 0 Å². The van der Waals surface area contributed by atoms with Crippen molar-refractivity contribution in [2.75, 3.05) is 6.61 Å². The van der Waals surface area contributed by atoms with Crippen LogP contribution >= 0.6 is 11.3 Å². The van der Waals surface area contributed by atoms with Gasteiger partial charge in [0.05, 0.1) is 16.8 Å². The Morgan fingerprint density at radius 1 is 1.08 bits per heavy atom. The third-order valence-electron chi connectivity index (χ3n) is 3.22. The van der Waals surface area contributed by atoms with Crippen LogP contribution in [0.1, 0.15) is 15.4 Å². The van der Waals surface area contributed by atoms with E-state index in [-0.39, 0.29) is 18.8 Å². The molecule has 1 aromatic heterocycles. The number of hydrogen-bond acceptors (Lipinski definition) is 5. The summed E-state index contributed by atoms with van der Waals surface area (Å²) in [5.74, 6) is -1.49. The van der Waals surface area contributed by atoms with Crippen LogP contribution in [0.25, 0.3) is 10.2 Å². The summed E-state index contributed by atoms with van der Waals surface area (Å²) in [6.45, 7) is -0.0156. The second-order valence-corrected chi connectivity index (χ2v) is 6.19. The van der Waals surface area contributed by atoms with E-state index in [9.17, 15) is 14.0 Å². The number of nitrogens with one attached hydrogen (secondary N) is 2. The molecule has 0 saturated carbocycles. The Morgan fingerprint density at radius 2 is 1.84 bits per heavy atom. The Balaban J connectivity index is 1.42. The van der Waals surface area contributed by atoms with Crippen LogP contribution in [0.5, 0.6) is 0 Å². The molecular weight excluding hydrogens is 345 g/mol. The number of nitrogens with zero attached hydrogens (tertiary/aromatic N) is 1. The van der Waals surface area contributed by atoms with E-state index in [1.807, 2.05) is 24.3 Å². The minimum Gasteiger partial charge on any atom is -0.364 e. The van der Waals surface area contributed by atoms with Crippen LogP contribution in [0.4, 0.5) is 4.39 Å². The first-order valence-electron chi connectivity index (χ1n) is 7.39. The number of aromatic nitrogens is 1. The molecule has 0 unspecified atom stereocenters. The molecule has 2 amide bonds. The van der Waals surface area contributed by atoms with Crippen molar-refractivity contribution in [2.24, 2.45) is 0 Å². The number of rotatable bonds is 5. The Kier molecular flexibility index (Phi) is 5.32. The fourth-order valence-corrected chi connectivity index (χ4v) is 2.95. The van der Waals surface area contributed by atoms with Crippen molar-refractivity contribution in [3.8, 4) is 0 Å². The lowest BCUT2D eigenvalue weighted by atomic mass is 10.2. The van der Waals surface area contributed by atoms with Gasteiger partial charge in [0.25, 0.3) is 11.8 Å². The van der Waals surface area contributed by atoms with Crippen molar-refractivity contribution in [2.45, 2.75) is 6.61 Å². The van der Waals surface area contributed by atoms with Crippen molar-refractivity contribution < 1.29 is 18.7 Å². The maximum atomic E-state index is 12.8. The Labute approximate surface area is 146 Å². The zero-order valence-electron chi connectivity index (χ0n) is 13.0. The number of thiazole rings is 1. The first-order valence-corrected chi connectivity index (χ1v) is 8.20. The smallest absolute Gasteiger partial charge is 0.269 e. The van der Waals surface area contributed by atoms with E-state index in [4.69, 9.17) is 4.74 Å². The number of hydrazine groups is 1. The number of amides is 2. The number of carbonyl (C=O) groups excluding carboxylic acids is 2. The van der Waals surface area contributed by atoms with E-state index in [1.54, 1.807) is 0 Å². The molecule has 0 radical (unpaired) electrons. The molecule has 25 heavy (non-hydrogen) atoms. The molecule has 2 aromatic carbocycles. The molecule has 0 aliphatic heterocycles. The van der Waals surface area contributed by atoms with Crippen LogP contribution in [0.15, 0.2) is 48.5 Å². The first kappa shape index (κ1) is 17.0. The first-order chi connectivity index (χ1) is 12.1. The normalized spacial score (nSPS) is 10.6. The third kappa shape index (κ3) is 4.59. The summed E-state index contributed by atoms with van der Waals surface area (Å²) in [6.07, 6.45) is 0. The highest BCUT2D eigenvalue weighted by molar-refractivity contribution is 7.18. The highest BCUT2D eigenvalue weighted by atomic mass is 32.1. The van der Waals surface area contributed by atoms with Crippen molar-refractivity contribution in [3.63, 3.8) is 0 Å². The molecule has 0 aliphatic carbocycles. The van der Waals surface area contributed by atoms with Crippen LogP contribution < -0.4 is 10.9 Å². The molecule has 0 atom stereocenters. The van der Waals surface area contributed by atoms with E-state index in [0.717, 1.165) is 27.4 Å². The van der Waals surface area contributed by atoms with Crippen LogP contribution in [0.3, 0.4) is 0 Å². The SMILES string of the molecule is O=C(COCc1nc2ccccc2s1)NNC(=O)c1ccc(F)cc1. The van der Waals surface area contributed by atoms with Crippen LogP contribution in [0, 0.1) is 5.82 Å². The number of benzene rings is 2. The summed E-state index contributed by atoms with van der Waals surface area (Å²) >= 11 is 1.50. The Morgan fingerprint density at radius 3 is 2.60 bits per heavy atom. The van der Waals surface area contributed by atoms with Gasteiger partial charge < -0.3 is 4.74 Å². The highest BCUT2D eigenvalue weighted by Gasteiger charge is 2.08. The minimum absolute atomic E-state index is 0.207. The van der Waals surface area contributed by atoms with Gasteiger partial charge in [0.2, 0.25) is 0 Å². The maximum absolute atomic E-state index is 12.8. The fraction of sp³-hybridized carbons (Fsp3) is 0.118. The maximum Gasteiger partial charge on any atom is 0.269 e.